The van der Waals surface area contributed by atoms with Gasteiger partial charge in [0.05, 0.1) is 0 Å². The summed E-state index contributed by atoms with van der Waals surface area (Å²) in [6, 6.07) is 0. The van der Waals surface area contributed by atoms with Gasteiger partial charge in [-0.25, -0.2) is 0 Å². The quantitative estimate of drug-likeness (QED) is 0.711. The van der Waals surface area contributed by atoms with E-state index < -0.39 is 0 Å². The van der Waals surface area contributed by atoms with Crippen LogP contribution in [0.1, 0.15) is 73.6 Å². The summed E-state index contributed by atoms with van der Waals surface area (Å²) in [6.45, 7) is 15.9. The predicted octanol–water partition coefficient (Wildman–Crippen LogP) is 3.91. The van der Waals surface area contributed by atoms with E-state index in [1.54, 1.807) is 6.92 Å². The maximum absolute atomic E-state index is 7.57. The molecule has 0 bridgehead atoms. The van der Waals surface area contributed by atoms with Crippen molar-refractivity contribution in [3.05, 3.63) is 0 Å². The zero-order valence-corrected chi connectivity index (χ0v) is 15.6. The summed E-state index contributed by atoms with van der Waals surface area (Å²) in [5.74, 6) is 0. The van der Waals surface area contributed by atoms with Gasteiger partial charge in [0.1, 0.15) is 0 Å². The molecule has 0 fully saturated rings. The fourth-order valence-corrected chi connectivity index (χ4v) is 2.61. The summed E-state index contributed by atoms with van der Waals surface area (Å²) >= 11 is 0. The smallest absolute Gasteiger partial charge is 0.0402 e. The van der Waals surface area contributed by atoms with Gasteiger partial charge >= 0.3 is 0 Å². The number of rotatable bonds is 8. The van der Waals surface area contributed by atoms with Crippen LogP contribution in [0, 0.1) is 0 Å². The van der Waals surface area contributed by atoms with Gasteiger partial charge in [-0.1, -0.05) is 47.5 Å². The number of hydrogen-bond donors (Lipinski definition) is 2. The molecule has 0 aliphatic heterocycles. The molecule has 0 atom stereocenters. The molecule has 2 N–H and O–H groups in total. The van der Waals surface area contributed by atoms with Crippen LogP contribution in [0.25, 0.3) is 0 Å². The maximum atomic E-state index is 7.57. The lowest BCUT2D eigenvalue weighted by Gasteiger charge is -2.42. The van der Waals surface area contributed by atoms with Crippen molar-refractivity contribution < 1.29 is 5.11 Å². The topological polar surface area (TPSA) is 35.5 Å². The highest BCUT2D eigenvalue weighted by Gasteiger charge is 2.30. The summed E-state index contributed by atoms with van der Waals surface area (Å²) in [5, 5.41) is 10.3. The van der Waals surface area contributed by atoms with E-state index in [0.717, 1.165) is 0 Å². The number of nitrogens with one attached hydrogen (secondary N) is 1. The van der Waals surface area contributed by atoms with Crippen molar-refractivity contribution in [3.8, 4) is 0 Å². The Morgan fingerprint density at radius 1 is 0.900 bits per heavy atom. The number of nitrogens with zero attached hydrogens (tertiary/aromatic N) is 1. The van der Waals surface area contributed by atoms with Crippen LogP contribution in [-0.4, -0.2) is 49.3 Å². The van der Waals surface area contributed by atoms with E-state index in [2.05, 4.69) is 44.8 Å². The molecule has 3 heteroatoms. The van der Waals surface area contributed by atoms with Gasteiger partial charge in [0.25, 0.3) is 0 Å². The highest BCUT2D eigenvalue weighted by atomic mass is 16.2. The third-order valence-electron chi connectivity index (χ3n) is 3.75. The molecule has 0 heterocycles. The summed E-state index contributed by atoms with van der Waals surface area (Å²) < 4.78 is 0. The first-order chi connectivity index (χ1) is 9.53. The first kappa shape index (κ1) is 24.9. The van der Waals surface area contributed by atoms with E-state index in [1.165, 1.54) is 45.2 Å². The molecule has 0 aliphatic carbocycles. The van der Waals surface area contributed by atoms with E-state index in [0.29, 0.717) is 5.54 Å². The third kappa shape index (κ3) is 11.7. The Hall–Kier alpha value is -0.120. The highest BCUT2D eigenvalue weighted by molar-refractivity contribution is 4.87. The van der Waals surface area contributed by atoms with E-state index in [9.17, 15) is 0 Å². The Bertz CT molecular complexity index is 153. The molecular weight excluding hydrogens is 248 g/mol. The maximum Gasteiger partial charge on any atom is 0.0402 e. The minimum absolute atomic E-state index is 0.250. The molecule has 0 saturated heterocycles. The van der Waals surface area contributed by atoms with Crippen LogP contribution >= 0.6 is 0 Å². The third-order valence-corrected chi connectivity index (χ3v) is 3.75. The van der Waals surface area contributed by atoms with Crippen LogP contribution in [0.4, 0.5) is 0 Å². The lowest BCUT2D eigenvalue weighted by molar-refractivity contribution is 0.0779. The molecular formula is C17H42N2O. The van der Waals surface area contributed by atoms with Gasteiger partial charge in [0.15, 0.2) is 0 Å². The molecule has 0 aromatic carbocycles. The monoisotopic (exact) mass is 290 g/mol. The molecule has 126 valence electrons. The minimum Gasteiger partial charge on any atom is -0.397 e. The van der Waals surface area contributed by atoms with Gasteiger partial charge in [0.2, 0.25) is 0 Å². The highest BCUT2D eigenvalue weighted by Crippen LogP contribution is 2.29. The zero-order valence-electron chi connectivity index (χ0n) is 15.6. The van der Waals surface area contributed by atoms with Crippen LogP contribution < -0.4 is 5.32 Å². The summed E-state index contributed by atoms with van der Waals surface area (Å²) in [6.07, 6.45) is 6.66. The fraction of sp³-hybridized carbons (Fsp3) is 1.00. The number of unbranched alkanes of at least 4 members (excludes halogenated alkanes) is 1. The Labute approximate surface area is 129 Å². The molecule has 0 rings (SSSR count). The van der Waals surface area contributed by atoms with Gasteiger partial charge < -0.3 is 10.4 Å². The summed E-state index contributed by atoms with van der Waals surface area (Å²) in [4.78, 5) is 2.66. The second kappa shape index (κ2) is 18.9. The van der Waals surface area contributed by atoms with E-state index in [4.69, 9.17) is 5.11 Å². The van der Waals surface area contributed by atoms with Gasteiger partial charge in [0, 0.05) is 12.1 Å². The van der Waals surface area contributed by atoms with Crippen LogP contribution in [0.3, 0.4) is 0 Å². The summed E-state index contributed by atoms with van der Waals surface area (Å²) in [7, 11) is 3.75. The van der Waals surface area contributed by atoms with E-state index >= 15 is 0 Å². The lowest BCUT2D eigenvalue weighted by atomic mass is 9.85. The van der Waals surface area contributed by atoms with Crippen molar-refractivity contribution in [2.45, 2.75) is 79.2 Å². The van der Waals surface area contributed by atoms with Crippen LogP contribution in [-0.2, 0) is 0 Å². The Morgan fingerprint density at radius 3 is 1.45 bits per heavy atom. The van der Waals surface area contributed by atoms with Crippen LogP contribution in [0.15, 0.2) is 0 Å². The standard InChI is InChI=1S/C13H29N.C2H7N.C2H6O/c1-6-11-12-13(7-2,8-3)14(9-4)10-5;1-3-2;1-2-3/h6-12H2,1-5H3;3H,1-2H3;3H,2H2,1H3. The van der Waals surface area contributed by atoms with Crippen molar-refractivity contribution in [1.82, 2.24) is 10.2 Å². The average Bonchev–Trinajstić information content (AvgIpc) is 2.45. The molecule has 0 aromatic rings. The van der Waals surface area contributed by atoms with Crippen LogP contribution in [0.2, 0.25) is 0 Å². The van der Waals surface area contributed by atoms with Crippen molar-refractivity contribution >= 4 is 0 Å². The van der Waals surface area contributed by atoms with Gasteiger partial charge in [-0.3, -0.25) is 4.90 Å². The van der Waals surface area contributed by atoms with Crippen molar-refractivity contribution in [3.63, 3.8) is 0 Å². The molecule has 0 aliphatic rings. The fourth-order valence-electron chi connectivity index (χ4n) is 2.61. The Balaban J connectivity index is -0.000000408. The predicted molar refractivity (Wildman–Crippen MR) is 93.5 cm³/mol. The van der Waals surface area contributed by atoms with Crippen molar-refractivity contribution in [2.75, 3.05) is 33.8 Å². The zero-order chi connectivity index (χ0) is 16.4. The molecule has 3 nitrogen and oxygen atoms in total. The van der Waals surface area contributed by atoms with Crippen molar-refractivity contribution in [2.24, 2.45) is 0 Å². The van der Waals surface area contributed by atoms with Crippen molar-refractivity contribution in [1.29, 1.82) is 0 Å². The molecule has 0 aromatic heterocycles. The number of hydrogen-bond acceptors (Lipinski definition) is 3. The normalized spacial score (nSPS) is 10.5. The molecule has 0 amide bonds. The molecule has 20 heavy (non-hydrogen) atoms. The summed E-state index contributed by atoms with van der Waals surface area (Å²) in [5.41, 5.74) is 0.486. The second-order valence-electron chi connectivity index (χ2n) is 5.02. The average molecular weight is 291 g/mol. The van der Waals surface area contributed by atoms with E-state index in [1.807, 2.05) is 14.1 Å². The van der Waals surface area contributed by atoms with E-state index in [-0.39, 0.29) is 6.61 Å². The second-order valence-corrected chi connectivity index (χ2v) is 5.02. The molecule has 0 unspecified atom stereocenters. The SMILES string of the molecule is CCCCC(CC)(CC)N(CC)CC.CCO.CNC. The minimum atomic E-state index is 0.250. The van der Waals surface area contributed by atoms with Gasteiger partial charge in [-0.2, -0.15) is 0 Å². The lowest BCUT2D eigenvalue weighted by Crippen LogP contribution is -2.47. The van der Waals surface area contributed by atoms with Gasteiger partial charge in [-0.15, -0.1) is 0 Å². The number of aliphatic hydroxyl groups is 1. The first-order valence-corrected chi connectivity index (χ1v) is 8.48. The Morgan fingerprint density at radius 2 is 1.25 bits per heavy atom. The van der Waals surface area contributed by atoms with Crippen LogP contribution in [0.5, 0.6) is 0 Å². The molecule has 0 radical (unpaired) electrons. The first-order valence-electron chi connectivity index (χ1n) is 8.48. The molecule has 0 spiro atoms. The molecule has 0 saturated carbocycles. The Kier molecular flexibility index (Phi) is 23.5. The number of aliphatic hydroxyl groups excluding tert-OH is 1. The van der Waals surface area contributed by atoms with Gasteiger partial charge in [-0.05, 0) is 53.4 Å². The largest absolute Gasteiger partial charge is 0.397 e.